The first kappa shape index (κ1) is 19.9. The molecule has 0 saturated carbocycles. The highest BCUT2D eigenvalue weighted by Gasteiger charge is 2.19. The number of amides is 1. The maximum absolute atomic E-state index is 12.6. The van der Waals surface area contributed by atoms with E-state index in [1.54, 1.807) is 24.2 Å². The van der Waals surface area contributed by atoms with Crippen molar-refractivity contribution >= 4 is 34.4 Å². The number of rotatable bonds is 5. The van der Waals surface area contributed by atoms with E-state index in [2.05, 4.69) is 14.5 Å². The average Bonchev–Trinajstić information content (AvgIpc) is 3.09. The van der Waals surface area contributed by atoms with Crippen LogP contribution in [0.4, 0.5) is 10.5 Å². The summed E-state index contributed by atoms with van der Waals surface area (Å²) in [6.07, 6.45) is 3.08. The molecule has 2 heterocycles. The highest BCUT2D eigenvalue weighted by molar-refractivity contribution is 6.31. The summed E-state index contributed by atoms with van der Waals surface area (Å²) in [6, 6.07) is 17.1. The second-order valence-corrected chi connectivity index (χ2v) is 7.16. The third-order valence-corrected chi connectivity index (χ3v) is 5.19. The third kappa shape index (κ3) is 3.86. The van der Waals surface area contributed by atoms with E-state index in [1.807, 2.05) is 61.5 Å². The molecule has 4 rings (SSSR count). The molecule has 4 aromatic rings. The molecular formula is C23H21ClN4O2. The number of hydrogen-bond acceptors (Lipinski definition) is 4. The smallest absolute Gasteiger partial charge is 0.414 e. The van der Waals surface area contributed by atoms with Crippen LogP contribution >= 0.6 is 11.6 Å². The van der Waals surface area contributed by atoms with Crippen LogP contribution in [0.25, 0.3) is 16.7 Å². The van der Waals surface area contributed by atoms with Crippen molar-refractivity contribution in [3.63, 3.8) is 0 Å². The average molecular weight is 421 g/mol. The summed E-state index contributed by atoms with van der Waals surface area (Å²) >= 11 is 6.31. The fourth-order valence-electron chi connectivity index (χ4n) is 3.42. The number of aromatic nitrogens is 3. The summed E-state index contributed by atoms with van der Waals surface area (Å²) in [4.78, 5) is 22.9. The standard InChI is InChI=1S/C23H21ClN4O2/c1-3-30-23(29)27(15-17-6-4-5-7-20(17)24)18-8-10-19(11-9-18)28-16(2)26-21-14-25-13-12-22(21)28/h4-14H,3,15H2,1-2H3. The van der Waals surface area contributed by atoms with Gasteiger partial charge in [0.1, 0.15) is 11.3 Å². The Morgan fingerprint density at radius 1 is 1.13 bits per heavy atom. The molecule has 0 saturated heterocycles. The molecule has 0 aliphatic carbocycles. The number of benzene rings is 2. The largest absolute Gasteiger partial charge is 0.449 e. The van der Waals surface area contributed by atoms with E-state index in [0.717, 1.165) is 33.8 Å². The van der Waals surface area contributed by atoms with Gasteiger partial charge in [-0.05, 0) is 55.8 Å². The number of imidazole rings is 1. The van der Waals surface area contributed by atoms with Crippen LogP contribution in [0.3, 0.4) is 0 Å². The Morgan fingerprint density at radius 2 is 1.90 bits per heavy atom. The topological polar surface area (TPSA) is 60.2 Å². The molecule has 2 aromatic heterocycles. The van der Waals surface area contributed by atoms with E-state index >= 15 is 0 Å². The van der Waals surface area contributed by atoms with Gasteiger partial charge in [-0.3, -0.25) is 14.5 Å². The molecule has 0 atom stereocenters. The molecule has 0 unspecified atom stereocenters. The Bertz CT molecular complexity index is 1190. The van der Waals surface area contributed by atoms with Crippen molar-refractivity contribution < 1.29 is 9.53 Å². The zero-order chi connectivity index (χ0) is 21.1. The molecule has 6 nitrogen and oxygen atoms in total. The molecule has 1 amide bonds. The Morgan fingerprint density at radius 3 is 2.63 bits per heavy atom. The van der Waals surface area contributed by atoms with Crippen molar-refractivity contribution in [1.82, 2.24) is 14.5 Å². The predicted octanol–water partition coefficient (Wildman–Crippen LogP) is 5.55. The maximum atomic E-state index is 12.6. The summed E-state index contributed by atoms with van der Waals surface area (Å²) in [6.45, 7) is 4.35. The zero-order valence-electron chi connectivity index (χ0n) is 16.7. The highest BCUT2D eigenvalue weighted by atomic mass is 35.5. The Balaban J connectivity index is 1.69. The first-order chi connectivity index (χ1) is 14.6. The highest BCUT2D eigenvalue weighted by Crippen LogP contribution is 2.26. The number of ether oxygens (including phenoxy) is 1. The van der Waals surface area contributed by atoms with Crippen LogP contribution in [-0.4, -0.2) is 27.2 Å². The van der Waals surface area contributed by atoms with Gasteiger partial charge in [0.2, 0.25) is 0 Å². The summed E-state index contributed by atoms with van der Waals surface area (Å²) < 4.78 is 7.33. The molecule has 0 N–H and O–H groups in total. The maximum Gasteiger partial charge on any atom is 0.414 e. The van der Waals surface area contributed by atoms with Crippen LogP contribution in [0.1, 0.15) is 18.3 Å². The van der Waals surface area contributed by atoms with Crippen LogP contribution < -0.4 is 4.90 Å². The minimum absolute atomic E-state index is 0.296. The molecule has 152 valence electrons. The van der Waals surface area contributed by atoms with E-state index in [0.29, 0.717) is 18.2 Å². The fraction of sp³-hybridized carbons (Fsp3) is 0.174. The number of aryl methyl sites for hydroxylation is 1. The number of anilines is 1. The SMILES string of the molecule is CCOC(=O)N(Cc1ccccc1Cl)c1ccc(-n2c(C)nc3cnccc32)cc1. The number of nitrogens with zero attached hydrogens (tertiary/aromatic N) is 4. The van der Waals surface area contributed by atoms with Gasteiger partial charge in [0, 0.05) is 22.6 Å². The van der Waals surface area contributed by atoms with Crippen LogP contribution in [-0.2, 0) is 11.3 Å². The Hall–Kier alpha value is -3.38. The van der Waals surface area contributed by atoms with Gasteiger partial charge in [-0.2, -0.15) is 0 Å². The lowest BCUT2D eigenvalue weighted by Crippen LogP contribution is -2.31. The first-order valence-corrected chi connectivity index (χ1v) is 10.0. The summed E-state index contributed by atoms with van der Waals surface area (Å²) in [5.41, 5.74) is 4.34. The van der Waals surface area contributed by atoms with Crippen LogP contribution in [0.2, 0.25) is 5.02 Å². The summed E-state index contributed by atoms with van der Waals surface area (Å²) in [7, 11) is 0. The fourth-order valence-corrected chi connectivity index (χ4v) is 3.62. The van der Waals surface area contributed by atoms with E-state index < -0.39 is 6.09 Å². The van der Waals surface area contributed by atoms with Gasteiger partial charge in [-0.1, -0.05) is 29.8 Å². The lowest BCUT2D eigenvalue weighted by atomic mass is 10.2. The van der Waals surface area contributed by atoms with Crippen molar-refractivity contribution in [1.29, 1.82) is 0 Å². The Kier molecular flexibility index (Phi) is 5.68. The monoisotopic (exact) mass is 420 g/mol. The van der Waals surface area contributed by atoms with Gasteiger partial charge in [-0.15, -0.1) is 0 Å². The lowest BCUT2D eigenvalue weighted by Gasteiger charge is -2.23. The molecule has 0 aliphatic rings. The van der Waals surface area contributed by atoms with Gasteiger partial charge in [0.25, 0.3) is 0 Å². The summed E-state index contributed by atoms with van der Waals surface area (Å²) in [5, 5.41) is 0.609. The molecular weight excluding hydrogens is 400 g/mol. The number of halogens is 1. The number of hydrogen-bond donors (Lipinski definition) is 0. The quantitative estimate of drug-likeness (QED) is 0.425. The van der Waals surface area contributed by atoms with Gasteiger partial charge in [0.15, 0.2) is 0 Å². The molecule has 7 heteroatoms. The molecule has 0 aliphatic heterocycles. The number of pyridine rings is 1. The number of carbonyl (C=O) groups excluding carboxylic acids is 1. The van der Waals surface area contributed by atoms with Crippen LogP contribution in [0, 0.1) is 6.92 Å². The molecule has 0 spiro atoms. The summed E-state index contributed by atoms with van der Waals surface area (Å²) in [5.74, 6) is 0.865. The minimum atomic E-state index is -0.416. The molecule has 30 heavy (non-hydrogen) atoms. The van der Waals surface area contributed by atoms with Gasteiger partial charge in [0.05, 0.1) is 24.9 Å². The minimum Gasteiger partial charge on any atom is -0.449 e. The van der Waals surface area contributed by atoms with Crippen LogP contribution in [0.5, 0.6) is 0 Å². The second kappa shape index (κ2) is 8.55. The van der Waals surface area contributed by atoms with E-state index in [4.69, 9.17) is 16.3 Å². The van der Waals surface area contributed by atoms with Gasteiger partial charge >= 0.3 is 6.09 Å². The van der Waals surface area contributed by atoms with E-state index in [-0.39, 0.29) is 0 Å². The van der Waals surface area contributed by atoms with Gasteiger partial charge in [-0.25, -0.2) is 9.78 Å². The first-order valence-electron chi connectivity index (χ1n) is 9.65. The normalized spacial score (nSPS) is 10.9. The third-order valence-electron chi connectivity index (χ3n) is 4.82. The van der Waals surface area contributed by atoms with Crippen molar-refractivity contribution in [2.75, 3.05) is 11.5 Å². The number of fused-ring (bicyclic) bond motifs is 1. The molecule has 0 radical (unpaired) electrons. The zero-order valence-corrected chi connectivity index (χ0v) is 17.5. The predicted molar refractivity (Wildman–Crippen MR) is 118 cm³/mol. The second-order valence-electron chi connectivity index (χ2n) is 6.75. The van der Waals surface area contributed by atoms with Gasteiger partial charge < -0.3 is 4.74 Å². The van der Waals surface area contributed by atoms with Crippen LogP contribution in [0.15, 0.2) is 67.0 Å². The van der Waals surface area contributed by atoms with Crippen molar-refractivity contribution in [2.24, 2.45) is 0 Å². The molecule has 0 bridgehead atoms. The van der Waals surface area contributed by atoms with E-state index in [1.165, 1.54) is 0 Å². The molecule has 0 fully saturated rings. The van der Waals surface area contributed by atoms with Crippen molar-refractivity contribution in [3.8, 4) is 5.69 Å². The number of carbonyl (C=O) groups is 1. The lowest BCUT2D eigenvalue weighted by molar-refractivity contribution is 0.159. The molecule has 2 aromatic carbocycles. The Labute approximate surface area is 179 Å². The van der Waals surface area contributed by atoms with E-state index in [9.17, 15) is 4.79 Å². The van der Waals surface area contributed by atoms with Crippen molar-refractivity contribution in [3.05, 3.63) is 83.4 Å². The van der Waals surface area contributed by atoms with Crippen molar-refractivity contribution in [2.45, 2.75) is 20.4 Å².